The van der Waals surface area contributed by atoms with Crippen molar-refractivity contribution in [3.8, 4) is 6.07 Å². The fourth-order valence-electron chi connectivity index (χ4n) is 2.17. The molecule has 2 aromatic heterocycles. The molecule has 6 nitrogen and oxygen atoms in total. The summed E-state index contributed by atoms with van der Waals surface area (Å²) in [6, 6.07) is 8.99. The Morgan fingerprint density at radius 1 is 1.46 bits per heavy atom. The molecule has 0 saturated carbocycles. The van der Waals surface area contributed by atoms with Crippen molar-refractivity contribution in [2.24, 2.45) is 0 Å². The van der Waals surface area contributed by atoms with Crippen LogP contribution in [0.15, 0.2) is 29.6 Å². The van der Waals surface area contributed by atoms with Crippen LogP contribution in [0, 0.1) is 11.3 Å². The first kappa shape index (κ1) is 16.2. The van der Waals surface area contributed by atoms with Crippen LogP contribution in [0.25, 0.3) is 10.2 Å². The van der Waals surface area contributed by atoms with Crippen LogP contribution in [0.3, 0.4) is 0 Å². The Hall–Kier alpha value is -2.69. The van der Waals surface area contributed by atoms with Crippen LogP contribution in [0.4, 0.5) is 11.5 Å². The van der Waals surface area contributed by atoms with E-state index in [1.54, 1.807) is 36.6 Å². The van der Waals surface area contributed by atoms with E-state index < -0.39 is 5.97 Å². The van der Waals surface area contributed by atoms with Gasteiger partial charge in [-0.2, -0.15) is 10.2 Å². The van der Waals surface area contributed by atoms with Gasteiger partial charge in [-0.15, -0.1) is 11.3 Å². The van der Waals surface area contributed by atoms with Gasteiger partial charge in [0.15, 0.2) is 0 Å². The molecule has 0 aliphatic rings. The summed E-state index contributed by atoms with van der Waals surface area (Å²) in [5.41, 5.74) is 1.55. The molecular formula is C16H11ClN4O2S. The zero-order valence-corrected chi connectivity index (χ0v) is 14.1. The minimum atomic E-state index is -0.441. The van der Waals surface area contributed by atoms with Crippen LogP contribution in [-0.2, 0) is 4.74 Å². The first-order chi connectivity index (χ1) is 11.6. The number of nitriles is 1. The Bertz CT molecular complexity index is 964. The minimum absolute atomic E-state index is 0.0682. The van der Waals surface area contributed by atoms with Crippen molar-refractivity contribution in [2.45, 2.75) is 6.92 Å². The number of rotatable bonds is 4. The first-order valence-electron chi connectivity index (χ1n) is 7.01. The standard InChI is InChI=1S/C16H11ClN4O2S/c1-2-23-15(22)11-8-24-14-12(11)13(20-16(17)21-14)19-10-5-3-4-9(6-10)7-18/h3-6,8H,2H2,1H3,(H,19,20,21). The molecule has 0 fully saturated rings. The van der Waals surface area contributed by atoms with Crippen LogP contribution in [0.5, 0.6) is 0 Å². The Balaban J connectivity index is 2.10. The summed E-state index contributed by atoms with van der Waals surface area (Å²) in [6.45, 7) is 2.02. The molecular weight excluding hydrogens is 348 g/mol. The summed E-state index contributed by atoms with van der Waals surface area (Å²) in [7, 11) is 0. The van der Waals surface area contributed by atoms with E-state index in [9.17, 15) is 4.79 Å². The van der Waals surface area contributed by atoms with Crippen LogP contribution in [0.2, 0.25) is 5.28 Å². The first-order valence-corrected chi connectivity index (χ1v) is 8.27. The molecule has 0 atom stereocenters. The molecule has 1 N–H and O–H groups in total. The lowest BCUT2D eigenvalue weighted by molar-refractivity contribution is 0.0529. The number of esters is 1. The maximum atomic E-state index is 12.1. The fraction of sp³-hybridized carbons (Fsp3) is 0.125. The van der Waals surface area contributed by atoms with Crippen molar-refractivity contribution in [1.29, 1.82) is 5.26 Å². The van der Waals surface area contributed by atoms with Gasteiger partial charge in [-0.25, -0.2) is 9.78 Å². The molecule has 1 aromatic carbocycles. The molecule has 3 aromatic rings. The van der Waals surface area contributed by atoms with Crippen LogP contribution >= 0.6 is 22.9 Å². The maximum Gasteiger partial charge on any atom is 0.339 e. The van der Waals surface area contributed by atoms with Crippen LogP contribution in [0.1, 0.15) is 22.8 Å². The molecule has 0 unspecified atom stereocenters. The molecule has 8 heteroatoms. The number of nitrogens with one attached hydrogen (secondary N) is 1. The van der Waals surface area contributed by atoms with Crippen molar-refractivity contribution >= 4 is 50.6 Å². The molecule has 120 valence electrons. The number of halogens is 1. The second kappa shape index (κ2) is 6.83. The molecule has 0 amide bonds. The molecule has 24 heavy (non-hydrogen) atoms. The van der Waals surface area contributed by atoms with Crippen molar-refractivity contribution < 1.29 is 9.53 Å². The van der Waals surface area contributed by atoms with Crippen LogP contribution in [-0.4, -0.2) is 22.5 Å². The summed E-state index contributed by atoms with van der Waals surface area (Å²) < 4.78 is 5.07. The predicted octanol–water partition coefficient (Wildman–Crippen LogP) is 4.14. The number of hydrogen-bond acceptors (Lipinski definition) is 7. The molecule has 0 aliphatic heterocycles. The number of nitrogens with zero attached hydrogens (tertiary/aromatic N) is 3. The average molecular weight is 359 g/mol. The summed E-state index contributed by atoms with van der Waals surface area (Å²) in [6.07, 6.45) is 0. The van der Waals surface area contributed by atoms with Gasteiger partial charge >= 0.3 is 5.97 Å². The number of anilines is 2. The number of hydrogen-bond donors (Lipinski definition) is 1. The van der Waals surface area contributed by atoms with Crippen molar-refractivity contribution in [3.05, 3.63) is 46.1 Å². The van der Waals surface area contributed by atoms with E-state index in [1.807, 2.05) is 0 Å². The SMILES string of the molecule is CCOC(=O)c1csc2nc(Cl)nc(Nc3cccc(C#N)c3)c12. The fourth-order valence-corrected chi connectivity index (χ4v) is 3.29. The topological polar surface area (TPSA) is 87.9 Å². The number of thiophene rings is 1. The average Bonchev–Trinajstić information content (AvgIpc) is 2.99. The third-order valence-corrected chi connectivity index (χ3v) is 4.20. The number of aromatic nitrogens is 2. The van der Waals surface area contributed by atoms with Gasteiger partial charge < -0.3 is 10.1 Å². The Morgan fingerprint density at radius 2 is 2.29 bits per heavy atom. The van der Waals surface area contributed by atoms with E-state index in [4.69, 9.17) is 21.6 Å². The lowest BCUT2D eigenvalue weighted by Crippen LogP contribution is -2.05. The van der Waals surface area contributed by atoms with E-state index in [1.165, 1.54) is 11.3 Å². The lowest BCUT2D eigenvalue weighted by atomic mass is 10.2. The van der Waals surface area contributed by atoms with Gasteiger partial charge in [0.1, 0.15) is 10.6 Å². The number of carbonyl (C=O) groups is 1. The molecule has 0 spiro atoms. The Labute approximate surface area is 146 Å². The smallest absolute Gasteiger partial charge is 0.339 e. The highest BCUT2D eigenvalue weighted by atomic mass is 35.5. The van der Waals surface area contributed by atoms with Gasteiger partial charge in [0.05, 0.1) is 29.2 Å². The monoisotopic (exact) mass is 358 g/mol. The van der Waals surface area contributed by atoms with Gasteiger partial charge in [0, 0.05) is 11.1 Å². The van der Waals surface area contributed by atoms with Crippen molar-refractivity contribution in [1.82, 2.24) is 9.97 Å². The van der Waals surface area contributed by atoms with Gasteiger partial charge in [0.2, 0.25) is 5.28 Å². The maximum absolute atomic E-state index is 12.1. The highest BCUT2D eigenvalue weighted by Gasteiger charge is 2.19. The quantitative estimate of drug-likeness (QED) is 0.557. The van der Waals surface area contributed by atoms with Crippen molar-refractivity contribution in [3.63, 3.8) is 0 Å². The van der Waals surface area contributed by atoms with Gasteiger partial charge in [-0.05, 0) is 36.7 Å². The second-order valence-corrected chi connectivity index (χ2v) is 5.91. The molecule has 0 radical (unpaired) electrons. The summed E-state index contributed by atoms with van der Waals surface area (Å²) in [4.78, 5) is 21.0. The number of ether oxygens (including phenoxy) is 1. The third kappa shape index (κ3) is 3.15. The summed E-state index contributed by atoms with van der Waals surface area (Å²) >= 11 is 7.26. The normalized spacial score (nSPS) is 10.4. The highest BCUT2D eigenvalue weighted by Crippen LogP contribution is 2.33. The van der Waals surface area contributed by atoms with Crippen LogP contribution < -0.4 is 5.32 Å². The third-order valence-electron chi connectivity index (χ3n) is 3.16. The van der Waals surface area contributed by atoms with E-state index in [-0.39, 0.29) is 11.9 Å². The van der Waals surface area contributed by atoms with E-state index >= 15 is 0 Å². The Morgan fingerprint density at radius 3 is 3.04 bits per heavy atom. The zero-order chi connectivity index (χ0) is 17.1. The number of carbonyl (C=O) groups excluding carboxylic acids is 1. The molecule has 0 bridgehead atoms. The molecule has 2 heterocycles. The number of benzene rings is 1. The Kier molecular flexibility index (Phi) is 4.60. The predicted molar refractivity (Wildman–Crippen MR) is 92.8 cm³/mol. The van der Waals surface area contributed by atoms with E-state index in [0.717, 1.165) is 0 Å². The zero-order valence-electron chi connectivity index (χ0n) is 12.5. The van der Waals surface area contributed by atoms with E-state index in [0.29, 0.717) is 32.8 Å². The van der Waals surface area contributed by atoms with Gasteiger partial charge in [0.25, 0.3) is 0 Å². The molecule has 0 saturated heterocycles. The molecule has 0 aliphatic carbocycles. The number of fused-ring (bicyclic) bond motifs is 1. The summed E-state index contributed by atoms with van der Waals surface area (Å²) in [5, 5.41) is 14.4. The minimum Gasteiger partial charge on any atom is -0.462 e. The highest BCUT2D eigenvalue weighted by molar-refractivity contribution is 7.17. The lowest BCUT2D eigenvalue weighted by Gasteiger charge is -2.09. The van der Waals surface area contributed by atoms with Gasteiger partial charge in [-0.1, -0.05) is 6.07 Å². The van der Waals surface area contributed by atoms with Gasteiger partial charge in [-0.3, -0.25) is 0 Å². The van der Waals surface area contributed by atoms with Crippen molar-refractivity contribution in [2.75, 3.05) is 11.9 Å². The summed E-state index contributed by atoms with van der Waals surface area (Å²) in [5.74, 6) is -0.0482. The largest absolute Gasteiger partial charge is 0.462 e. The van der Waals surface area contributed by atoms with E-state index in [2.05, 4.69) is 21.4 Å². The second-order valence-electron chi connectivity index (χ2n) is 4.71. The molecule has 3 rings (SSSR count).